The van der Waals surface area contributed by atoms with Gasteiger partial charge in [0.05, 0.1) is 9.98 Å². The summed E-state index contributed by atoms with van der Waals surface area (Å²) in [6.45, 7) is 0. The summed E-state index contributed by atoms with van der Waals surface area (Å²) in [5.41, 5.74) is 4.36. The topological polar surface area (TPSA) is 29.9 Å². The van der Waals surface area contributed by atoms with Crippen LogP contribution in [0.15, 0.2) is 16.0 Å². The molecule has 0 fully saturated rings. The van der Waals surface area contributed by atoms with Crippen LogP contribution in [0.1, 0.15) is 59.5 Å². The predicted octanol–water partition coefficient (Wildman–Crippen LogP) is 4.29. The van der Waals surface area contributed by atoms with E-state index in [1.807, 2.05) is 11.3 Å². The molecule has 3 nitrogen and oxygen atoms in total. The van der Waals surface area contributed by atoms with Gasteiger partial charge in [-0.2, -0.15) is 5.10 Å². The summed E-state index contributed by atoms with van der Waals surface area (Å²) in [7, 11) is 2.07. The molecule has 5 heteroatoms. The lowest BCUT2D eigenvalue weighted by atomic mass is 9.89. The molecule has 2 atom stereocenters. The monoisotopic (exact) mass is 365 g/mol. The van der Waals surface area contributed by atoms with E-state index in [1.54, 1.807) is 4.88 Å². The Morgan fingerprint density at radius 3 is 2.86 bits per heavy atom. The van der Waals surface area contributed by atoms with E-state index >= 15 is 0 Å². The summed E-state index contributed by atoms with van der Waals surface area (Å²) in [6.07, 6.45) is 9.52. The van der Waals surface area contributed by atoms with E-state index in [0.717, 1.165) is 0 Å². The van der Waals surface area contributed by atoms with Crippen molar-refractivity contribution >= 4 is 27.3 Å². The van der Waals surface area contributed by atoms with Crippen molar-refractivity contribution in [1.82, 2.24) is 15.1 Å². The first-order chi connectivity index (χ1) is 10.2. The van der Waals surface area contributed by atoms with E-state index in [1.165, 1.54) is 59.1 Å². The molecule has 0 bridgehead atoms. The van der Waals surface area contributed by atoms with Crippen LogP contribution in [0.4, 0.5) is 0 Å². The number of hydrogen-bond donors (Lipinski definition) is 1. The summed E-state index contributed by atoms with van der Waals surface area (Å²) in [4.78, 5) is 1.56. The summed E-state index contributed by atoms with van der Waals surface area (Å²) in [6, 6.07) is 3.30. The lowest BCUT2D eigenvalue weighted by Gasteiger charge is -2.31. The molecule has 112 valence electrons. The minimum absolute atomic E-state index is 0.470. The van der Waals surface area contributed by atoms with Crippen LogP contribution in [0.5, 0.6) is 0 Å². The third kappa shape index (κ3) is 2.49. The molecule has 21 heavy (non-hydrogen) atoms. The number of hydrogen-bond acceptors (Lipinski definition) is 3. The highest BCUT2D eigenvalue weighted by Crippen LogP contribution is 2.40. The van der Waals surface area contributed by atoms with Crippen LogP contribution in [0, 0.1) is 0 Å². The first-order valence-electron chi connectivity index (χ1n) is 7.77. The Morgan fingerprint density at radius 1 is 1.24 bits per heavy atom. The van der Waals surface area contributed by atoms with E-state index in [-0.39, 0.29) is 0 Å². The Bertz CT molecular complexity index is 655. The van der Waals surface area contributed by atoms with Gasteiger partial charge in [0.1, 0.15) is 0 Å². The molecule has 0 aliphatic heterocycles. The van der Waals surface area contributed by atoms with Gasteiger partial charge < -0.3 is 5.32 Å². The van der Waals surface area contributed by atoms with Gasteiger partial charge in [-0.3, -0.25) is 4.68 Å². The smallest absolute Gasteiger partial charge is 0.0704 e. The third-order valence-corrected chi connectivity index (χ3v) is 6.58. The molecule has 0 radical (unpaired) electrons. The van der Waals surface area contributed by atoms with E-state index in [4.69, 9.17) is 0 Å². The van der Waals surface area contributed by atoms with E-state index in [9.17, 15) is 0 Å². The fraction of sp³-hybridized carbons (Fsp3) is 0.562. The maximum Gasteiger partial charge on any atom is 0.0704 e. The number of nitrogens with one attached hydrogen (secondary N) is 1. The van der Waals surface area contributed by atoms with Gasteiger partial charge in [0.2, 0.25) is 0 Å². The quantitative estimate of drug-likeness (QED) is 0.859. The summed E-state index contributed by atoms with van der Waals surface area (Å²) in [5, 5.41) is 8.39. The van der Waals surface area contributed by atoms with Gasteiger partial charge in [-0.05, 0) is 66.1 Å². The molecule has 4 rings (SSSR count). The van der Waals surface area contributed by atoms with Gasteiger partial charge in [0.25, 0.3) is 0 Å². The van der Waals surface area contributed by atoms with Gasteiger partial charge in [-0.25, -0.2) is 0 Å². The Kier molecular flexibility index (Phi) is 3.67. The Morgan fingerprint density at radius 2 is 2.00 bits per heavy atom. The van der Waals surface area contributed by atoms with Gasteiger partial charge in [-0.15, -0.1) is 11.3 Å². The molecule has 2 aliphatic rings. The number of aromatic nitrogens is 2. The van der Waals surface area contributed by atoms with Crippen molar-refractivity contribution in [2.45, 2.75) is 50.6 Å². The molecule has 2 aromatic heterocycles. The van der Waals surface area contributed by atoms with E-state index in [0.29, 0.717) is 12.1 Å². The normalized spacial score (nSPS) is 24.7. The molecule has 2 aliphatic carbocycles. The second-order valence-electron chi connectivity index (χ2n) is 6.16. The van der Waals surface area contributed by atoms with Crippen molar-refractivity contribution in [3.8, 4) is 0 Å². The second kappa shape index (κ2) is 5.52. The van der Waals surface area contributed by atoms with Crippen molar-refractivity contribution in [3.05, 3.63) is 37.7 Å². The molecular formula is C16H20BrN3S. The summed E-state index contributed by atoms with van der Waals surface area (Å²) >= 11 is 5.56. The standard InChI is InChI=1S/C16H20BrN3S/c1-20-14-6-2-4-13(11(14)9-18-20)19-12-5-3-7-15-10(12)8-16(17)21-15/h8-9,12-13,19H,2-7H2,1H3. The highest BCUT2D eigenvalue weighted by atomic mass is 79.9. The van der Waals surface area contributed by atoms with Crippen LogP contribution in [0.2, 0.25) is 0 Å². The van der Waals surface area contributed by atoms with Crippen LogP contribution in [-0.4, -0.2) is 9.78 Å². The highest BCUT2D eigenvalue weighted by molar-refractivity contribution is 9.11. The second-order valence-corrected chi connectivity index (χ2v) is 8.67. The van der Waals surface area contributed by atoms with Crippen molar-refractivity contribution in [2.24, 2.45) is 7.05 Å². The minimum atomic E-state index is 0.470. The SMILES string of the molecule is Cn1ncc2c1CCCC2NC1CCCc2sc(Br)cc21. The van der Waals surface area contributed by atoms with Gasteiger partial charge in [-0.1, -0.05) is 0 Å². The fourth-order valence-electron chi connectivity index (χ4n) is 3.82. The lowest BCUT2D eigenvalue weighted by molar-refractivity contribution is 0.368. The summed E-state index contributed by atoms with van der Waals surface area (Å²) < 4.78 is 3.32. The molecule has 0 aromatic carbocycles. The predicted molar refractivity (Wildman–Crippen MR) is 89.7 cm³/mol. The molecule has 1 N–H and O–H groups in total. The van der Waals surface area contributed by atoms with Gasteiger partial charge in [0.15, 0.2) is 0 Å². The zero-order valence-electron chi connectivity index (χ0n) is 12.2. The number of fused-ring (bicyclic) bond motifs is 2. The first kappa shape index (κ1) is 14.0. The molecule has 2 unspecified atom stereocenters. The van der Waals surface area contributed by atoms with E-state index < -0.39 is 0 Å². The average molecular weight is 366 g/mol. The zero-order chi connectivity index (χ0) is 14.4. The summed E-state index contributed by atoms with van der Waals surface area (Å²) in [5.74, 6) is 0. The van der Waals surface area contributed by atoms with Crippen molar-refractivity contribution in [1.29, 1.82) is 0 Å². The van der Waals surface area contributed by atoms with Crippen LogP contribution in [-0.2, 0) is 19.9 Å². The van der Waals surface area contributed by atoms with Crippen LogP contribution >= 0.6 is 27.3 Å². The lowest BCUT2D eigenvalue weighted by Crippen LogP contribution is -2.30. The first-order valence-corrected chi connectivity index (χ1v) is 9.38. The van der Waals surface area contributed by atoms with Crippen LogP contribution < -0.4 is 5.32 Å². The molecule has 2 aromatic rings. The molecule has 0 amide bonds. The van der Waals surface area contributed by atoms with Crippen LogP contribution in [0.25, 0.3) is 0 Å². The number of nitrogens with zero attached hydrogens (tertiary/aromatic N) is 2. The fourth-order valence-corrected chi connectivity index (χ4v) is 5.64. The third-order valence-electron chi connectivity index (χ3n) is 4.86. The number of rotatable bonds is 2. The molecule has 0 saturated heterocycles. The van der Waals surface area contributed by atoms with Gasteiger partial charge in [0, 0.05) is 35.3 Å². The van der Waals surface area contributed by atoms with Crippen LogP contribution in [0.3, 0.4) is 0 Å². The maximum atomic E-state index is 4.46. The molecule has 2 heterocycles. The Balaban J connectivity index is 1.60. The van der Waals surface area contributed by atoms with Crippen molar-refractivity contribution in [2.75, 3.05) is 0 Å². The van der Waals surface area contributed by atoms with Crippen molar-refractivity contribution in [3.63, 3.8) is 0 Å². The minimum Gasteiger partial charge on any atom is -0.303 e. The largest absolute Gasteiger partial charge is 0.303 e. The molecular weight excluding hydrogens is 346 g/mol. The number of halogens is 1. The van der Waals surface area contributed by atoms with E-state index in [2.05, 4.69) is 50.3 Å². The van der Waals surface area contributed by atoms with Gasteiger partial charge >= 0.3 is 0 Å². The highest BCUT2D eigenvalue weighted by Gasteiger charge is 2.29. The molecule has 0 spiro atoms. The average Bonchev–Trinajstić information content (AvgIpc) is 3.03. The zero-order valence-corrected chi connectivity index (χ0v) is 14.6. The maximum absolute atomic E-state index is 4.46. The Labute approximate surface area is 137 Å². The van der Waals surface area contributed by atoms with Crippen molar-refractivity contribution < 1.29 is 0 Å². The number of thiophene rings is 1. The number of aryl methyl sites for hydroxylation is 2. The molecule has 0 saturated carbocycles. The Hall–Kier alpha value is -0.650.